The Morgan fingerprint density at radius 1 is 0.415 bits per heavy atom. The van der Waals surface area contributed by atoms with Crippen molar-refractivity contribution in [2.45, 2.75) is 154 Å². The van der Waals surface area contributed by atoms with Gasteiger partial charge in [-0.05, 0) is 0 Å². The van der Waals surface area contributed by atoms with E-state index in [9.17, 15) is 0 Å². The van der Waals surface area contributed by atoms with Crippen LogP contribution < -0.4 is 0 Å². The van der Waals surface area contributed by atoms with Gasteiger partial charge in [-0.1, -0.05) is 0 Å². The van der Waals surface area contributed by atoms with E-state index in [4.69, 9.17) is 0 Å². The van der Waals surface area contributed by atoms with Crippen molar-refractivity contribution in [3.8, 4) is 22.3 Å². The fourth-order valence-electron chi connectivity index (χ4n) is 15.0. The van der Waals surface area contributed by atoms with Crippen LogP contribution in [0.3, 0.4) is 0 Å². The third-order valence-corrected chi connectivity index (χ3v) is 133. The molecule has 0 spiro atoms. The van der Waals surface area contributed by atoms with Gasteiger partial charge in [-0.3, -0.25) is 0 Å². The molecule has 6 aromatic carbocycles. The molecular formula is C62H78SiZr2. The summed E-state index contributed by atoms with van der Waals surface area (Å²) in [6.07, 6.45) is 22.4. The van der Waals surface area contributed by atoms with E-state index in [0.29, 0.717) is 0 Å². The third-order valence-electron chi connectivity index (χ3n) is 17.7. The van der Waals surface area contributed by atoms with Crippen molar-refractivity contribution in [1.82, 2.24) is 0 Å². The number of hydrogen-bond acceptors (Lipinski definition) is 0. The van der Waals surface area contributed by atoms with Crippen LogP contribution in [0, 0.1) is 0 Å². The Bertz CT molecular complexity index is 2470. The van der Waals surface area contributed by atoms with Crippen molar-refractivity contribution in [1.29, 1.82) is 0 Å². The number of allylic oxidation sites excluding steroid dienone is 2. The van der Waals surface area contributed by atoms with E-state index in [0.717, 1.165) is 7.25 Å². The number of rotatable bonds is 20. The zero-order valence-corrected chi connectivity index (χ0v) is 47.0. The zero-order chi connectivity index (χ0) is 45.0. The second-order valence-electron chi connectivity index (χ2n) is 20.7. The standard InChI is InChI=1S/2C21H17.C4H8Si.4C4H9.2Zr/c2*1-2-15-13-17-9-6-12-20(21(17)14-15)19-11-5-8-16-7-3-4-10-18(16)19;1-2-4-5-3-1;4*1-3-4-2;;/h2*3-14H,2H2,1H3;1-4H2;4*1,3-4H2,2H3;;. The normalized spacial score (nSPS) is 18.0. The molecule has 1 aliphatic heterocycles. The number of hydrogen-bond donors (Lipinski definition) is 0. The molecule has 338 valence electrons. The molecule has 1 heterocycles. The molecule has 9 rings (SSSR count). The summed E-state index contributed by atoms with van der Waals surface area (Å²) in [7, 11) is 0. The molecule has 3 heteroatoms. The Hall–Kier alpha value is -2.70. The van der Waals surface area contributed by atoms with Gasteiger partial charge in [-0.2, -0.15) is 0 Å². The Balaban J connectivity index is 1.33. The summed E-state index contributed by atoms with van der Waals surface area (Å²) in [4.78, 5) is 0. The fourth-order valence-corrected chi connectivity index (χ4v) is 181. The van der Waals surface area contributed by atoms with E-state index < -0.39 is 41.2 Å². The van der Waals surface area contributed by atoms with Crippen LogP contribution in [-0.2, 0) is 38.9 Å². The quantitative estimate of drug-likeness (QED) is 0.0669. The van der Waals surface area contributed by atoms with E-state index in [1.165, 1.54) is 121 Å². The summed E-state index contributed by atoms with van der Waals surface area (Å²) < 4.78 is 6.22. The van der Waals surface area contributed by atoms with Crippen molar-refractivity contribution in [3.05, 3.63) is 155 Å². The molecule has 0 radical (unpaired) electrons. The first-order chi connectivity index (χ1) is 32.0. The van der Waals surface area contributed by atoms with Gasteiger partial charge in [0, 0.05) is 0 Å². The van der Waals surface area contributed by atoms with Gasteiger partial charge in [0.1, 0.15) is 0 Å². The summed E-state index contributed by atoms with van der Waals surface area (Å²) in [6, 6.07) is 51.3. The summed E-state index contributed by atoms with van der Waals surface area (Å²) >= 11 is -6.66. The molecule has 1 saturated heterocycles. The first kappa shape index (κ1) is 47.4. The number of benzene rings is 6. The predicted molar refractivity (Wildman–Crippen MR) is 284 cm³/mol. The molecule has 0 nitrogen and oxygen atoms in total. The summed E-state index contributed by atoms with van der Waals surface area (Å²) in [5.74, 6) is 0. The van der Waals surface area contributed by atoms with E-state index >= 15 is 0 Å². The van der Waals surface area contributed by atoms with Gasteiger partial charge >= 0.3 is 406 Å². The molecule has 3 aliphatic rings. The maximum atomic E-state index is 2.84. The average Bonchev–Trinajstić information content (AvgIpc) is 4.12. The Kier molecular flexibility index (Phi) is 15.2. The molecule has 2 unspecified atom stereocenters. The summed E-state index contributed by atoms with van der Waals surface area (Å²) in [6.45, 7) is 15.3. The Labute approximate surface area is 402 Å². The average molecular weight is 1030 g/mol. The monoisotopic (exact) mass is 1030 g/mol. The minimum absolute atomic E-state index is 0.748. The van der Waals surface area contributed by atoms with Gasteiger partial charge in [-0.25, -0.2) is 0 Å². The predicted octanol–water partition coefficient (Wildman–Crippen LogP) is 20.1. The van der Waals surface area contributed by atoms with Crippen molar-refractivity contribution < 1.29 is 38.9 Å². The minimum atomic E-state index is -3.33. The molecule has 0 aromatic heterocycles. The van der Waals surface area contributed by atoms with Crippen LogP contribution in [-0.4, -0.2) is 2.33 Å². The van der Waals surface area contributed by atoms with Crippen LogP contribution in [0.5, 0.6) is 0 Å². The van der Waals surface area contributed by atoms with Crippen LogP contribution >= 0.6 is 0 Å². The van der Waals surface area contributed by atoms with Crippen LogP contribution in [0.15, 0.2) is 132 Å². The van der Waals surface area contributed by atoms with Gasteiger partial charge in [0.15, 0.2) is 0 Å². The second-order valence-corrected chi connectivity index (χ2v) is 77.9. The van der Waals surface area contributed by atoms with Crippen molar-refractivity contribution in [2.75, 3.05) is 0 Å². The van der Waals surface area contributed by atoms with Gasteiger partial charge in [0.25, 0.3) is 0 Å². The van der Waals surface area contributed by atoms with E-state index in [-0.39, 0.29) is 0 Å². The number of fused-ring (bicyclic) bond motifs is 4. The van der Waals surface area contributed by atoms with E-state index in [1.54, 1.807) is 50.9 Å². The Morgan fingerprint density at radius 3 is 1.15 bits per heavy atom. The van der Waals surface area contributed by atoms with Crippen LogP contribution in [0.4, 0.5) is 0 Å². The van der Waals surface area contributed by atoms with E-state index in [1.807, 2.05) is 11.1 Å². The summed E-state index contributed by atoms with van der Waals surface area (Å²) in [5.41, 5.74) is 16.4. The molecule has 2 atom stereocenters. The van der Waals surface area contributed by atoms with Crippen LogP contribution in [0.25, 0.3) is 56.0 Å². The molecule has 0 saturated carbocycles. The number of unbranched alkanes of at least 4 members (excludes halogenated alkanes) is 4. The molecule has 2 aliphatic carbocycles. The van der Waals surface area contributed by atoms with Crippen molar-refractivity contribution >= 4 is 36.0 Å². The zero-order valence-electron chi connectivity index (χ0n) is 41.1. The molecule has 0 bridgehead atoms. The fraction of sp³-hybridized carbons (Fsp3) is 0.419. The van der Waals surface area contributed by atoms with Gasteiger partial charge < -0.3 is 0 Å². The third kappa shape index (κ3) is 8.18. The van der Waals surface area contributed by atoms with Gasteiger partial charge in [0.2, 0.25) is 0 Å². The molecule has 0 amide bonds. The van der Waals surface area contributed by atoms with Gasteiger partial charge in [0.05, 0.1) is 0 Å². The van der Waals surface area contributed by atoms with Crippen molar-refractivity contribution in [3.63, 3.8) is 0 Å². The second kappa shape index (κ2) is 20.9. The molecule has 65 heavy (non-hydrogen) atoms. The van der Waals surface area contributed by atoms with Crippen molar-refractivity contribution in [2.24, 2.45) is 0 Å². The molecule has 6 aromatic rings. The Morgan fingerprint density at radius 2 is 0.769 bits per heavy atom. The molecular weight excluding hydrogens is 955 g/mol. The first-order valence-electron chi connectivity index (χ1n) is 26.6. The van der Waals surface area contributed by atoms with Crippen LogP contribution in [0.2, 0.25) is 28.6 Å². The summed E-state index contributed by atoms with van der Waals surface area (Å²) in [5, 5.41) is 5.53. The van der Waals surface area contributed by atoms with Crippen LogP contribution in [0.1, 0.15) is 148 Å². The van der Waals surface area contributed by atoms with Gasteiger partial charge in [-0.15, -0.1) is 0 Å². The molecule has 0 N–H and O–H groups in total. The topological polar surface area (TPSA) is 0 Å². The van der Waals surface area contributed by atoms with E-state index in [2.05, 4.69) is 175 Å². The molecule has 1 fully saturated rings. The first-order valence-corrected chi connectivity index (χ1v) is 46.2. The SMILES string of the molecule is CCC[CH2][Zr]([CH2]CCC)([CH]1C(CC)=Cc2c(-c3cccc4ccccc34)cccc21)[Si]1([Zr]([CH2]CCC)([CH2]CCC)[CH]2C(CC)=Cc3c(-c4cccc5ccccc45)cccc32)CCCC1. The maximum absolute atomic E-state index is 3.33.